The lowest BCUT2D eigenvalue weighted by molar-refractivity contribution is -0.130. The molecule has 0 aromatic carbocycles. The number of carbonyl (C=O) groups excluding carboxylic acids is 2. The van der Waals surface area contributed by atoms with E-state index in [1.54, 1.807) is 4.90 Å². The van der Waals surface area contributed by atoms with Crippen LogP contribution in [0.5, 0.6) is 0 Å². The summed E-state index contributed by atoms with van der Waals surface area (Å²) in [6.07, 6.45) is 3.63. The van der Waals surface area contributed by atoms with Gasteiger partial charge < -0.3 is 15.0 Å². The number of rotatable bonds is 8. The van der Waals surface area contributed by atoms with Crippen molar-refractivity contribution in [3.63, 3.8) is 0 Å². The van der Waals surface area contributed by atoms with Crippen LogP contribution in [0, 0.1) is 0 Å². The van der Waals surface area contributed by atoms with E-state index in [0.717, 1.165) is 38.8 Å². The first kappa shape index (κ1) is 15.7. The van der Waals surface area contributed by atoms with E-state index in [1.807, 2.05) is 6.92 Å². The third-order valence-corrected chi connectivity index (χ3v) is 2.45. The molecule has 0 rings (SSSR count). The van der Waals surface area contributed by atoms with Crippen molar-refractivity contribution in [2.24, 2.45) is 0 Å². The normalized spacial score (nSPS) is 9.82. The standard InChI is InChI=1S/C12H24N2O3/c1-4-6-7-9-14(8-5-2)11(15)10-13-12(16)17-3/h4-10H2,1-3H3,(H,13,16). The van der Waals surface area contributed by atoms with Crippen molar-refractivity contribution < 1.29 is 14.3 Å². The van der Waals surface area contributed by atoms with Crippen molar-refractivity contribution in [1.29, 1.82) is 0 Å². The molecule has 0 saturated carbocycles. The van der Waals surface area contributed by atoms with Crippen molar-refractivity contribution in [3.05, 3.63) is 0 Å². The van der Waals surface area contributed by atoms with Gasteiger partial charge in [-0.25, -0.2) is 4.79 Å². The summed E-state index contributed by atoms with van der Waals surface area (Å²) in [6.45, 7) is 5.69. The van der Waals surface area contributed by atoms with Crippen LogP contribution in [-0.4, -0.2) is 43.6 Å². The maximum atomic E-state index is 11.8. The number of carbonyl (C=O) groups is 2. The van der Waals surface area contributed by atoms with Crippen LogP contribution in [0.1, 0.15) is 39.5 Å². The molecule has 0 aromatic heterocycles. The fraction of sp³-hybridized carbons (Fsp3) is 0.833. The molecule has 0 heterocycles. The van der Waals surface area contributed by atoms with Gasteiger partial charge in [-0.1, -0.05) is 26.7 Å². The van der Waals surface area contributed by atoms with Gasteiger partial charge in [-0.05, 0) is 12.8 Å². The van der Waals surface area contributed by atoms with Gasteiger partial charge in [0, 0.05) is 13.1 Å². The Morgan fingerprint density at radius 1 is 1.12 bits per heavy atom. The maximum absolute atomic E-state index is 11.8. The van der Waals surface area contributed by atoms with Gasteiger partial charge in [0.05, 0.1) is 7.11 Å². The smallest absolute Gasteiger partial charge is 0.407 e. The molecule has 2 amide bonds. The summed E-state index contributed by atoms with van der Waals surface area (Å²) in [5, 5.41) is 2.41. The number of methoxy groups -OCH3 is 1. The third-order valence-electron chi connectivity index (χ3n) is 2.45. The van der Waals surface area contributed by atoms with Crippen LogP contribution >= 0.6 is 0 Å². The van der Waals surface area contributed by atoms with Gasteiger partial charge in [-0.2, -0.15) is 0 Å². The van der Waals surface area contributed by atoms with Crippen LogP contribution in [0.25, 0.3) is 0 Å². The summed E-state index contributed by atoms with van der Waals surface area (Å²) in [7, 11) is 1.28. The van der Waals surface area contributed by atoms with Gasteiger partial charge in [-0.3, -0.25) is 4.79 Å². The number of hydrogen-bond acceptors (Lipinski definition) is 3. The minimum Gasteiger partial charge on any atom is -0.453 e. The Morgan fingerprint density at radius 2 is 1.82 bits per heavy atom. The molecular formula is C12H24N2O3. The number of nitrogens with one attached hydrogen (secondary N) is 1. The largest absolute Gasteiger partial charge is 0.453 e. The molecule has 0 bridgehead atoms. The van der Waals surface area contributed by atoms with E-state index >= 15 is 0 Å². The quantitative estimate of drug-likeness (QED) is 0.662. The van der Waals surface area contributed by atoms with Crippen LogP contribution in [0.2, 0.25) is 0 Å². The molecule has 5 nitrogen and oxygen atoms in total. The van der Waals surface area contributed by atoms with E-state index in [2.05, 4.69) is 17.0 Å². The Hall–Kier alpha value is -1.26. The van der Waals surface area contributed by atoms with Gasteiger partial charge >= 0.3 is 6.09 Å². The first-order valence-corrected chi connectivity index (χ1v) is 6.25. The lowest BCUT2D eigenvalue weighted by atomic mass is 10.2. The minimum atomic E-state index is -0.566. The molecule has 0 fully saturated rings. The van der Waals surface area contributed by atoms with Crippen LogP contribution in [0.15, 0.2) is 0 Å². The van der Waals surface area contributed by atoms with Crippen molar-refractivity contribution >= 4 is 12.0 Å². The topological polar surface area (TPSA) is 58.6 Å². The number of hydrogen-bond donors (Lipinski definition) is 1. The predicted molar refractivity (Wildman–Crippen MR) is 66.8 cm³/mol. The number of nitrogens with zero attached hydrogens (tertiary/aromatic N) is 1. The number of ether oxygens (including phenoxy) is 1. The molecule has 0 unspecified atom stereocenters. The molecule has 0 aliphatic carbocycles. The van der Waals surface area contributed by atoms with Crippen molar-refractivity contribution in [2.75, 3.05) is 26.7 Å². The Morgan fingerprint density at radius 3 is 2.35 bits per heavy atom. The second-order valence-corrected chi connectivity index (χ2v) is 3.93. The van der Waals surface area contributed by atoms with Crippen molar-refractivity contribution in [1.82, 2.24) is 10.2 Å². The van der Waals surface area contributed by atoms with Gasteiger partial charge in [0.1, 0.15) is 6.54 Å². The highest BCUT2D eigenvalue weighted by Gasteiger charge is 2.13. The fourth-order valence-electron chi connectivity index (χ4n) is 1.52. The molecule has 0 radical (unpaired) electrons. The molecule has 0 spiro atoms. The minimum absolute atomic E-state index is 0.0127. The summed E-state index contributed by atoms with van der Waals surface area (Å²) in [5.74, 6) is -0.0478. The van der Waals surface area contributed by atoms with Crippen molar-refractivity contribution in [3.8, 4) is 0 Å². The van der Waals surface area contributed by atoms with Gasteiger partial charge in [0.25, 0.3) is 0 Å². The summed E-state index contributed by atoms with van der Waals surface area (Å²) < 4.78 is 4.42. The van der Waals surface area contributed by atoms with E-state index in [1.165, 1.54) is 7.11 Å². The van der Waals surface area contributed by atoms with Gasteiger partial charge in [0.2, 0.25) is 5.91 Å². The van der Waals surface area contributed by atoms with Crippen molar-refractivity contribution in [2.45, 2.75) is 39.5 Å². The molecule has 100 valence electrons. The van der Waals surface area contributed by atoms with Crippen LogP contribution in [-0.2, 0) is 9.53 Å². The molecule has 1 N–H and O–H groups in total. The molecule has 0 aliphatic heterocycles. The third kappa shape index (κ3) is 7.60. The lowest BCUT2D eigenvalue weighted by Gasteiger charge is -2.22. The monoisotopic (exact) mass is 244 g/mol. The van der Waals surface area contributed by atoms with Crippen LogP contribution in [0.3, 0.4) is 0 Å². The fourth-order valence-corrected chi connectivity index (χ4v) is 1.52. The highest BCUT2D eigenvalue weighted by molar-refractivity contribution is 5.82. The first-order chi connectivity index (χ1) is 8.15. The number of alkyl carbamates (subject to hydrolysis) is 1. The second kappa shape index (κ2) is 9.93. The van der Waals surface area contributed by atoms with E-state index < -0.39 is 6.09 Å². The van der Waals surface area contributed by atoms with Crippen LogP contribution in [0.4, 0.5) is 4.79 Å². The Labute approximate surface area is 103 Å². The van der Waals surface area contributed by atoms with E-state index in [0.29, 0.717) is 0 Å². The number of unbranched alkanes of at least 4 members (excludes halogenated alkanes) is 2. The molecule has 0 atom stereocenters. The lowest BCUT2D eigenvalue weighted by Crippen LogP contribution is -2.41. The molecule has 0 aliphatic rings. The maximum Gasteiger partial charge on any atom is 0.407 e. The van der Waals surface area contributed by atoms with Gasteiger partial charge in [0.15, 0.2) is 0 Å². The van der Waals surface area contributed by atoms with E-state index in [4.69, 9.17) is 0 Å². The summed E-state index contributed by atoms with van der Waals surface area (Å²) in [6, 6.07) is 0. The molecular weight excluding hydrogens is 220 g/mol. The zero-order chi connectivity index (χ0) is 13.1. The number of amides is 2. The molecule has 17 heavy (non-hydrogen) atoms. The average Bonchev–Trinajstić information content (AvgIpc) is 2.34. The zero-order valence-corrected chi connectivity index (χ0v) is 11.1. The van der Waals surface area contributed by atoms with E-state index in [9.17, 15) is 9.59 Å². The summed E-state index contributed by atoms with van der Waals surface area (Å²) >= 11 is 0. The summed E-state index contributed by atoms with van der Waals surface area (Å²) in [5.41, 5.74) is 0. The van der Waals surface area contributed by atoms with Crippen LogP contribution < -0.4 is 5.32 Å². The Kier molecular flexibility index (Phi) is 9.19. The van der Waals surface area contributed by atoms with Gasteiger partial charge in [-0.15, -0.1) is 0 Å². The SMILES string of the molecule is CCCCCN(CCC)C(=O)CNC(=O)OC. The molecule has 0 saturated heterocycles. The summed E-state index contributed by atoms with van der Waals surface area (Å²) in [4.78, 5) is 24.5. The van der Waals surface area contributed by atoms with E-state index in [-0.39, 0.29) is 12.5 Å². The first-order valence-electron chi connectivity index (χ1n) is 6.25. The highest BCUT2D eigenvalue weighted by atomic mass is 16.5. The predicted octanol–water partition coefficient (Wildman–Crippen LogP) is 1.77. The molecule has 0 aromatic rings. The molecule has 5 heteroatoms. The second-order valence-electron chi connectivity index (χ2n) is 3.93. The Balaban J connectivity index is 4.00. The average molecular weight is 244 g/mol. The highest BCUT2D eigenvalue weighted by Crippen LogP contribution is 2.00. The Bertz CT molecular complexity index is 232. The zero-order valence-electron chi connectivity index (χ0n) is 11.1.